The van der Waals surface area contributed by atoms with Crippen LogP contribution in [-0.2, 0) is 9.59 Å². The van der Waals surface area contributed by atoms with Crippen molar-refractivity contribution in [2.45, 2.75) is 45.1 Å². The van der Waals surface area contributed by atoms with Gasteiger partial charge in [0.25, 0.3) is 0 Å². The Kier molecular flexibility index (Phi) is 7.13. The molecule has 1 aromatic rings. The Bertz CT molecular complexity index is 752. The number of hydrogen-bond donors (Lipinski definition) is 2. The summed E-state index contributed by atoms with van der Waals surface area (Å²) in [6.45, 7) is 4.31. The van der Waals surface area contributed by atoms with Crippen molar-refractivity contribution in [1.82, 2.24) is 15.1 Å². The Balaban J connectivity index is 1.58. The Labute approximate surface area is 176 Å². The predicted molar refractivity (Wildman–Crippen MR) is 116 cm³/mol. The predicted octanol–water partition coefficient (Wildman–Crippen LogP) is 2.94. The van der Waals surface area contributed by atoms with Crippen LogP contribution in [0.4, 0.5) is 5.69 Å². The molecule has 2 aliphatic rings. The smallest absolute Gasteiger partial charge is 0.245 e. The number of amides is 2. The summed E-state index contributed by atoms with van der Waals surface area (Å²) < 4.78 is 0. The van der Waals surface area contributed by atoms with E-state index in [1.165, 1.54) is 0 Å². The van der Waals surface area contributed by atoms with Crippen molar-refractivity contribution in [3.63, 3.8) is 0 Å². The zero-order valence-corrected chi connectivity index (χ0v) is 17.7. The number of benzene rings is 1. The van der Waals surface area contributed by atoms with Gasteiger partial charge in [0.15, 0.2) is 5.11 Å². The minimum Gasteiger partial charge on any atom is -0.351 e. The molecule has 2 heterocycles. The number of likely N-dealkylation sites (tertiary alicyclic amines) is 2. The molecule has 0 bridgehead atoms. The molecule has 1 aromatic carbocycles. The van der Waals surface area contributed by atoms with Gasteiger partial charge in [0.2, 0.25) is 11.8 Å². The van der Waals surface area contributed by atoms with E-state index in [9.17, 15) is 9.59 Å². The van der Waals surface area contributed by atoms with E-state index in [-0.39, 0.29) is 18.4 Å². The molecule has 152 valence electrons. The van der Waals surface area contributed by atoms with Crippen LogP contribution < -0.4 is 10.6 Å². The molecule has 2 fully saturated rings. The van der Waals surface area contributed by atoms with Crippen molar-refractivity contribution < 1.29 is 9.59 Å². The van der Waals surface area contributed by atoms with E-state index in [0.717, 1.165) is 50.0 Å². The van der Waals surface area contributed by atoms with Crippen LogP contribution >= 0.6 is 23.8 Å². The van der Waals surface area contributed by atoms with Gasteiger partial charge in [-0.15, -0.1) is 0 Å². The molecule has 2 N–H and O–H groups in total. The zero-order chi connectivity index (χ0) is 20.1. The first-order valence-corrected chi connectivity index (χ1v) is 10.6. The monoisotopic (exact) mass is 422 g/mol. The van der Waals surface area contributed by atoms with Crippen LogP contribution in [0.3, 0.4) is 0 Å². The summed E-state index contributed by atoms with van der Waals surface area (Å²) in [5.41, 5.74) is 1.76. The largest absolute Gasteiger partial charge is 0.351 e. The van der Waals surface area contributed by atoms with Crippen LogP contribution in [0.2, 0.25) is 5.02 Å². The molecular formula is C20H27ClN4O2S. The highest BCUT2D eigenvalue weighted by molar-refractivity contribution is 7.80. The normalized spacial score (nSPS) is 20.1. The third kappa shape index (κ3) is 5.35. The Morgan fingerprint density at radius 3 is 2.64 bits per heavy atom. The summed E-state index contributed by atoms with van der Waals surface area (Å²) >= 11 is 11.5. The third-order valence-electron chi connectivity index (χ3n) is 5.30. The molecule has 2 amide bonds. The molecular weight excluding hydrogens is 396 g/mol. The third-order valence-corrected chi connectivity index (χ3v) is 5.93. The van der Waals surface area contributed by atoms with Crippen LogP contribution in [0.5, 0.6) is 0 Å². The number of nitrogens with zero attached hydrogens (tertiary/aromatic N) is 2. The van der Waals surface area contributed by atoms with Gasteiger partial charge >= 0.3 is 0 Å². The van der Waals surface area contributed by atoms with Gasteiger partial charge in [-0.25, -0.2) is 0 Å². The molecule has 3 rings (SSSR count). The minimum absolute atomic E-state index is 0.0431. The van der Waals surface area contributed by atoms with Gasteiger partial charge in [0.1, 0.15) is 6.04 Å². The van der Waals surface area contributed by atoms with Crippen LogP contribution in [0.1, 0.15) is 37.7 Å². The fraction of sp³-hybridized carbons (Fsp3) is 0.550. The second-order valence-electron chi connectivity index (χ2n) is 7.46. The fourth-order valence-electron chi connectivity index (χ4n) is 3.62. The maximum atomic E-state index is 13.0. The molecule has 2 aliphatic heterocycles. The van der Waals surface area contributed by atoms with E-state index in [2.05, 4.69) is 10.6 Å². The average Bonchev–Trinajstić information content (AvgIpc) is 3.15. The van der Waals surface area contributed by atoms with Gasteiger partial charge in [0.05, 0.1) is 6.54 Å². The van der Waals surface area contributed by atoms with Gasteiger partial charge in [-0.2, -0.15) is 0 Å². The highest BCUT2D eigenvalue weighted by atomic mass is 35.5. The van der Waals surface area contributed by atoms with Gasteiger partial charge < -0.3 is 20.4 Å². The van der Waals surface area contributed by atoms with Gasteiger partial charge in [0, 0.05) is 30.3 Å². The summed E-state index contributed by atoms with van der Waals surface area (Å²) in [5.74, 6) is -0.0161. The highest BCUT2D eigenvalue weighted by Gasteiger charge is 2.30. The number of halogens is 1. The van der Waals surface area contributed by atoms with Gasteiger partial charge in [-0.05, 0) is 68.9 Å². The second-order valence-corrected chi connectivity index (χ2v) is 8.27. The summed E-state index contributed by atoms with van der Waals surface area (Å²) in [6, 6.07) is 5.19. The first-order chi connectivity index (χ1) is 13.4. The standard InChI is InChI=1S/C20H27ClN4O2S/c1-14-7-8-15(12-16(14)21)22-20(28)23-17-6-2-3-11-25(19(17)27)13-18(26)24-9-4-5-10-24/h7-8,12,17H,2-6,9-11,13H2,1H3,(H2,22,23,28). The SMILES string of the molecule is Cc1ccc(NC(=S)NC2CCCCN(CC(=O)N3CCCC3)C2=O)cc1Cl. The van der Waals surface area contributed by atoms with Crippen LogP contribution in [-0.4, -0.2) is 58.9 Å². The van der Waals surface area contributed by atoms with Crippen molar-refractivity contribution in [1.29, 1.82) is 0 Å². The molecule has 2 saturated heterocycles. The average molecular weight is 423 g/mol. The summed E-state index contributed by atoms with van der Waals surface area (Å²) in [6.07, 6.45) is 4.60. The molecule has 1 atom stereocenters. The van der Waals surface area contributed by atoms with Crippen molar-refractivity contribution in [3.05, 3.63) is 28.8 Å². The summed E-state index contributed by atoms with van der Waals surface area (Å²) in [4.78, 5) is 29.0. The van der Waals surface area contributed by atoms with Crippen molar-refractivity contribution >= 4 is 46.4 Å². The van der Waals surface area contributed by atoms with Gasteiger partial charge in [-0.3, -0.25) is 9.59 Å². The number of carbonyl (C=O) groups excluding carboxylic acids is 2. The summed E-state index contributed by atoms with van der Waals surface area (Å²) in [7, 11) is 0. The minimum atomic E-state index is -0.421. The molecule has 0 aliphatic carbocycles. The molecule has 0 radical (unpaired) electrons. The van der Waals surface area contributed by atoms with Crippen molar-refractivity contribution in [2.24, 2.45) is 0 Å². The molecule has 8 heteroatoms. The molecule has 0 spiro atoms. The first kappa shape index (κ1) is 20.9. The number of aryl methyl sites for hydroxylation is 1. The zero-order valence-electron chi connectivity index (χ0n) is 16.2. The number of thiocarbonyl (C=S) groups is 1. The lowest BCUT2D eigenvalue weighted by Gasteiger charge is -2.27. The lowest BCUT2D eigenvalue weighted by Crippen LogP contribution is -2.51. The van der Waals surface area contributed by atoms with E-state index in [4.69, 9.17) is 23.8 Å². The summed E-state index contributed by atoms with van der Waals surface area (Å²) in [5, 5.41) is 7.25. The topological polar surface area (TPSA) is 64.7 Å². The Hall–Kier alpha value is -1.86. The number of nitrogens with one attached hydrogen (secondary N) is 2. The molecule has 6 nitrogen and oxygen atoms in total. The van der Waals surface area contributed by atoms with E-state index in [1.807, 2.05) is 24.0 Å². The van der Waals surface area contributed by atoms with E-state index in [1.54, 1.807) is 11.0 Å². The first-order valence-electron chi connectivity index (χ1n) is 9.84. The maximum Gasteiger partial charge on any atom is 0.245 e. The van der Waals surface area contributed by atoms with E-state index >= 15 is 0 Å². The molecule has 1 unspecified atom stereocenters. The van der Waals surface area contributed by atoms with Gasteiger partial charge in [-0.1, -0.05) is 17.7 Å². The second kappa shape index (κ2) is 9.56. The molecule has 0 saturated carbocycles. The lowest BCUT2D eigenvalue weighted by atomic mass is 10.1. The number of hydrogen-bond acceptors (Lipinski definition) is 3. The number of rotatable bonds is 4. The Morgan fingerprint density at radius 2 is 1.93 bits per heavy atom. The fourth-order valence-corrected chi connectivity index (χ4v) is 4.06. The number of anilines is 1. The quantitative estimate of drug-likeness (QED) is 0.730. The van der Waals surface area contributed by atoms with Crippen molar-refractivity contribution in [2.75, 3.05) is 31.5 Å². The lowest BCUT2D eigenvalue weighted by molar-refractivity contribution is -0.140. The van der Waals surface area contributed by atoms with E-state index < -0.39 is 6.04 Å². The van der Waals surface area contributed by atoms with E-state index in [0.29, 0.717) is 23.1 Å². The number of carbonyl (C=O) groups is 2. The maximum absolute atomic E-state index is 13.0. The van der Waals surface area contributed by atoms with Crippen LogP contribution in [0.25, 0.3) is 0 Å². The molecule has 0 aromatic heterocycles. The highest BCUT2D eigenvalue weighted by Crippen LogP contribution is 2.20. The molecule has 28 heavy (non-hydrogen) atoms. The Morgan fingerprint density at radius 1 is 1.21 bits per heavy atom. The van der Waals surface area contributed by atoms with Crippen LogP contribution in [0.15, 0.2) is 18.2 Å². The van der Waals surface area contributed by atoms with Crippen LogP contribution in [0, 0.1) is 6.92 Å². The van der Waals surface area contributed by atoms with Crippen molar-refractivity contribution in [3.8, 4) is 0 Å².